The van der Waals surface area contributed by atoms with E-state index in [4.69, 9.17) is 26.9 Å². The van der Waals surface area contributed by atoms with E-state index in [1.165, 1.54) is 12.1 Å². The molecule has 0 saturated carbocycles. The lowest BCUT2D eigenvalue weighted by molar-refractivity contribution is 0.0582. The zero-order valence-electron chi connectivity index (χ0n) is 10.1. The molecule has 0 heterocycles. The first-order valence-corrected chi connectivity index (χ1v) is 7.46. The zero-order chi connectivity index (χ0) is 14.5. The van der Waals surface area contributed by atoms with E-state index in [2.05, 4.69) is 4.72 Å². The molecule has 0 aliphatic rings. The summed E-state index contributed by atoms with van der Waals surface area (Å²) in [6.45, 7) is -2.17. The van der Waals surface area contributed by atoms with Gasteiger partial charge in [0.2, 0.25) is 10.0 Å². The van der Waals surface area contributed by atoms with Crippen LogP contribution in [0.2, 0.25) is 0 Å². The van der Waals surface area contributed by atoms with Crippen LogP contribution in [0.4, 0.5) is 0 Å². The van der Waals surface area contributed by atoms with Gasteiger partial charge < -0.3 is 15.3 Å². The number of sulfonamides is 1. The monoisotopic (exact) mass is 309 g/mol. The Bertz CT molecular complexity index is 490. The number of hydrogen-bond donors (Lipinski definition) is 4. The Morgan fingerprint density at radius 1 is 1.05 bits per heavy atom. The number of halogens is 1. The van der Waals surface area contributed by atoms with Gasteiger partial charge in [-0.3, -0.25) is 0 Å². The van der Waals surface area contributed by atoms with Crippen molar-refractivity contribution in [3.8, 4) is 0 Å². The Hall–Kier alpha value is -0.700. The van der Waals surface area contributed by atoms with Crippen molar-refractivity contribution in [2.24, 2.45) is 0 Å². The second-order valence-corrected chi connectivity index (χ2v) is 6.09. The second-order valence-electron chi connectivity index (χ2n) is 4.14. The van der Waals surface area contributed by atoms with E-state index in [0.29, 0.717) is 0 Å². The number of aliphatic hydroxyl groups is 3. The van der Waals surface area contributed by atoms with Gasteiger partial charge in [0.25, 0.3) is 0 Å². The lowest BCUT2D eigenvalue weighted by atomic mass is 10.1. The molecular formula is C11H16ClNO5S. The van der Waals surface area contributed by atoms with Gasteiger partial charge in [-0.25, -0.2) is 8.42 Å². The Morgan fingerprint density at radius 3 is 1.89 bits per heavy atom. The van der Waals surface area contributed by atoms with E-state index < -0.39 is 35.4 Å². The van der Waals surface area contributed by atoms with Crippen LogP contribution in [0.3, 0.4) is 0 Å². The van der Waals surface area contributed by atoms with Crippen molar-refractivity contribution in [1.82, 2.24) is 4.72 Å². The van der Waals surface area contributed by atoms with E-state index in [1.54, 1.807) is 12.1 Å². The van der Waals surface area contributed by atoms with E-state index in [9.17, 15) is 8.42 Å². The van der Waals surface area contributed by atoms with Gasteiger partial charge in [-0.15, -0.1) is 11.6 Å². The lowest BCUT2D eigenvalue weighted by Gasteiger charge is -2.28. The number of benzene rings is 1. The summed E-state index contributed by atoms with van der Waals surface area (Å²) in [7, 11) is -3.95. The maximum atomic E-state index is 12.0. The molecule has 0 bridgehead atoms. The maximum Gasteiger partial charge on any atom is 0.241 e. The summed E-state index contributed by atoms with van der Waals surface area (Å²) in [5.41, 5.74) is -0.928. The van der Waals surface area contributed by atoms with Crippen molar-refractivity contribution in [2.75, 3.05) is 19.8 Å². The molecule has 6 nitrogen and oxygen atoms in total. The average Bonchev–Trinajstić information content (AvgIpc) is 2.45. The van der Waals surface area contributed by atoms with Crippen LogP contribution >= 0.6 is 11.6 Å². The normalized spacial score (nSPS) is 12.6. The quantitative estimate of drug-likeness (QED) is 0.504. The molecule has 0 radical (unpaired) electrons. The van der Waals surface area contributed by atoms with Crippen molar-refractivity contribution in [3.63, 3.8) is 0 Å². The summed E-state index contributed by atoms with van der Waals surface area (Å²) >= 11 is 5.60. The molecule has 0 aliphatic heterocycles. The van der Waals surface area contributed by atoms with Gasteiger partial charge in [-0.05, 0) is 17.7 Å². The molecule has 108 valence electrons. The van der Waals surface area contributed by atoms with E-state index in [1.807, 2.05) is 0 Å². The summed E-state index contributed by atoms with van der Waals surface area (Å²) in [4.78, 5) is -0.0407. The van der Waals surface area contributed by atoms with Gasteiger partial charge in [0.1, 0.15) is 5.54 Å². The molecule has 0 unspecified atom stereocenters. The smallest absolute Gasteiger partial charge is 0.241 e. The molecule has 0 spiro atoms. The van der Waals surface area contributed by atoms with Crippen molar-refractivity contribution in [3.05, 3.63) is 29.8 Å². The Morgan fingerprint density at radius 2 is 1.53 bits per heavy atom. The topological polar surface area (TPSA) is 107 Å². The van der Waals surface area contributed by atoms with Gasteiger partial charge in [0.05, 0.1) is 24.7 Å². The van der Waals surface area contributed by atoms with Crippen molar-refractivity contribution in [1.29, 1.82) is 0 Å². The van der Waals surface area contributed by atoms with E-state index in [0.717, 1.165) is 5.56 Å². The molecule has 4 N–H and O–H groups in total. The SMILES string of the molecule is O=S(=O)(NC(CO)(CO)CO)c1ccc(CCl)cc1. The highest BCUT2D eigenvalue weighted by Gasteiger charge is 2.33. The molecule has 0 saturated heterocycles. The second kappa shape index (κ2) is 6.65. The fraction of sp³-hybridized carbons (Fsp3) is 0.455. The summed E-state index contributed by atoms with van der Waals surface area (Å²) in [5, 5.41) is 27.3. The van der Waals surface area contributed by atoms with Gasteiger partial charge in [0, 0.05) is 5.88 Å². The molecule has 0 aliphatic carbocycles. The predicted octanol–water partition coefficient (Wildman–Crippen LogP) is -0.581. The first-order valence-electron chi connectivity index (χ1n) is 5.44. The summed E-state index contributed by atoms with van der Waals surface area (Å²) in [6.07, 6.45) is 0. The fourth-order valence-electron chi connectivity index (χ4n) is 1.35. The van der Waals surface area contributed by atoms with E-state index in [-0.39, 0.29) is 10.8 Å². The third kappa shape index (κ3) is 3.88. The zero-order valence-corrected chi connectivity index (χ0v) is 11.7. The van der Waals surface area contributed by atoms with Crippen LogP contribution in [0.15, 0.2) is 29.2 Å². The summed E-state index contributed by atoms with van der Waals surface area (Å²) in [5.74, 6) is 0.265. The van der Waals surface area contributed by atoms with Gasteiger partial charge in [-0.2, -0.15) is 4.72 Å². The molecule has 8 heteroatoms. The van der Waals surface area contributed by atoms with E-state index >= 15 is 0 Å². The molecule has 0 fully saturated rings. The highest BCUT2D eigenvalue weighted by atomic mass is 35.5. The molecule has 1 rings (SSSR count). The maximum absolute atomic E-state index is 12.0. The highest BCUT2D eigenvalue weighted by Crippen LogP contribution is 2.15. The van der Waals surface area contributed by atoms with Crippen LogP contribution in [0, 0.1) is 0 Å². The number of rotatable bonds is 7. The summed E-state index contributed by atoms with van der Waals surface area (Å²) < 4.78 is 26.2. The standard InChI is InChI=1S/C11H16ClNO5S/c12-5-9-1-3-10(4-2-9)19(17,18)13-11(6-14,7-15)8-16/h1-4,13-16H,5-8H2. The van der Waals surface area contributed by atoms with Crippen LogP contribution in [0.5, 0.6) is 0 Å². The summed E-state index contributed by atoms with van der Waals surface area (Å²) in [6, 6.07) is 5.83. The third-order valence-corrected chi connectivity index (χ3v) is 4.55. The predicted molar refractivity (Wildman–Crippen MR) is 70.3 cm³/mol. The van der Waals surface area contributed by atoms with Crippen LogP contribution in [0.25, 0.3) is 0 Å². The van der Waals surface area contributed by atoms with Crippen molar-refractivity contribution in [2.45, 2.75) is 16.3 Å². The van der Waals surface area contributed by atoms with Gasteiger partial charge in [-0.1, -0.05) is 12.1 Å². The fourth-order valence-corrected chi connectivity index (χ4v) is 2.90. The lowest BCUT2D eigenvalue weighted by Crippen LogP contribution is -2.56. The van der Waals surface area contributed by atoms with Crippen LogP contribution in [0.1, 0.15) is 5.56 Å². The van der Waals surface area contributed by atoms with Gasteiger partial charge in [0.15, 0.2) is 0 Å². The molecule has 0 amide bonds. The molecule has 0 aromatic heterocycles. The minimum Gasteiger partial charge on any atom is -0.394 e. The highest BCUT2D eigenvalue weighted by molar-refractivity contribution is 7.89. The number of nitrogens with one attached hydrogen (secondary N) is 1. The molecule has 0 atom stereocenters. The van der Waals surface area contributed by atoms with Crippen LogP contribution in [-0.4, -0.2) is 49.1 Å². The van der Waals surface area contributed by atoms with Gasteiger partial charge >= 0.3 is 0 Å². The van der Waals surface area contributed by atoms with Crippen LogP contribution < -0.4 is 4.72 Å². The van der Waals surface area contributed by atoms with Crippen molar-refractivity contribution >= 4 is 21.6 Å². The molecular weight excluding hydrogens is 294 g/mol. The number of hydrogen-bond acceptors (Lipinski definition) is 5. The molecule has 1 aromatic rings. The average molecular weight is 310 g/mol. The third-order valence-electron chi connectivity index (χ3n) is 2.65. The number of aliphatic hydroxyl groups excluding tert-OH is 3. The minimum absolute atomic E-state index is 0.0407. The molecule has 1 aromatic carbocycles. The molecule has 19 heavy (non-hydrogen) atoms. The Labute approximate surface area is 116 Å². The number of alkyl halides is 1. The first kappa shape index (κ1) is 16.4. The van der Waals surface area contributed by atoms with Crippen molar-refractivity contribution < 1.29 is 23.7 Å². The largest absolute Gasteiger partial charge is 0.394 e. The Kier molecular flexibility index (Phi) is 5.72. The van der Waals surface area contributed by atoms with Crippen LogP contribution in [-0.2, 0) is 15.9 Å². The minimum atomic E-state index is -3.95. The first-order chi connectivity index (χ1) is 8.93. The Balaban J connectivity index is 3.03.